The molecule has 2 N–H and O–H groups in total. The van der Waals surface area contributed by atoms with Crippen LogP contribution in [0.4, 0.5) is 0 Å². The topological polar surface area (TPSA) is 35.5 Å². The van der Waals surface area contributed by atoms with Gasteiger partial charge in [-0.1, -0.05) is 38.1 Å². The Bertz CT molecular complexity index is 449. The van der Waals surface area contributed by atoms with Gasteiger partial charge in [0.15, 0.2) is 0 Å². The Morgan fingerprint density at radius 3 is 2.50 bits per heavy atom. The van der Waals surface area contributed by atoms with Gasteiger partial charge in [-0.2, -0.15) is 0 Å². The molecule has 2 unspecified atom stereocenters. The van der Waals surface area contributed by atoms with E-state index in [4.69, 9.17) is 0 Å². The van der Waals surface area contributed by atoms with Gasteiger partial charge in [0.25, 0.3) is 0 Å². The van der Waals surface area contributed by atoms with Crippen LogP contribution >= 0.6 is 0 Å². The molecule has 1 aliphatic carbocycles. The first-order chi connectivity index (χ1) is 9.62. The second-order valence-electron chi connectivity index (χ2n) is 6.81. The van der Waals surface area contributed by atoms with E-state index < -0.39 is 0 Å². The highest BCUT2D eigenvalue weighted by molar-refractivity contribution is 5.30. The van der Waals surface area contributed by atoms with E-state index in [2.05, 4.69) is 48.3 Å². The second-order valence-corrected chi connectivity index (χ2v) is 6.81. The fourth-order valence-corrected chi connectivity index (χ4v) is 3.96. The van der Waals surface area contributed by atoms with Crippen LogP contribution in [0.1, 0.15) is 44.2 Å². The Hall–Kier alpha value is -0.900. The largest absolute Gasteiger partial charge is 0.394 e. The molecule has 0 saturated heterocycles. The summed E-state index contributed by atoms with van der Waals surface area (Å²) in [5.41, 5.74) is 2.89. The van der Waals surface area contributed by atoms with Crippen LogP contribution in [0.15, 0.2) is 24.3 Å². The van der Waals surface area contributed by atoms with Crippen molar-refractivity contribution >= 4 is 0 Å². The monoisotopic (exact) mass is 274 g/mol. The molecule has 1 heterocycles. The molecule has 0 spiro atoms. The van der Waals surface area contributed by atoms with Crippen molar-refractivity contribution in [3.8, 4) is 0 Å². The molecule has 0 aromatic heterocycles. The first-order valence-electron chi connectivity index (χ1n) is 7.81. The van der Waals surface area contributed by atoms with Crippen molar-refractivity contribution in [1.29, 1.82) is 0 Å². The minimum Gasteiger partial charge on any atom is -0.394 e. The molecule has 2 atom stereocenters. The summed E-state index contributed by atoms with van der Waals surface area (Å²) >= 11 is 0. The molecular formula is C17H26N2O. The maximum atomic E-state index is 9.82. The molecular weight excluding hydrogens is 248 g/mol. The van der Waals surface area contributed by atoms with E-state index in [9.17, 15) is 5.11 Å². The van der Waals surface area contributed by atoms with Gasteiger partial charge in [0.2, 0.25) is 0 Å². The minimum atomic E-state index is -0.0619. The average molecular weight is 274 g/mol. The normalized spacial score (nSPS) is 30.1. The number of nitrogens with zero attached hydrogens (tertiary/aromatic N) is 1. The zero-order valence-electron chi connectivity index (χ0n) is 12.6. The third kappa shape index (κ3) is 2.62. The molecule has 1 aromatic rings. The van der Waals surface area contributed by atoms with Crippen molar-refractivity contribution in [3.05, 3.63) is 35.4 Å². The van der Waals surface area contributed by atoms with Gasteiger partial charge in [0.1, 0.15) is 0 Å². The molecule has 1 aliphatic heterocycles. The van der Waals surface area contributed by atoms with Gasteiger partial charge in [0.05, 0.1) is 6.61 Å². The molecule has 1 fully saturated rings. The molecule has 1 aromatic carbocycles. The molecule has 0 bridgehead atoms. The molecule has 3 nitrogen and oxygen atoms in total. The number of nitrogens with one attached hydrogen (secondary N) is 1. The van der Waals surface area contributed by atoms with Crippen molar-refractivity contribution in [1.82, 2.24) is 10.2 Å². The number of aliphatic hydroxyl groups excluding tert-OH is 1. The molecule has 3 rings (SSSR count). The standard InChI is InChI=1S/C17H26N2O/c1-13(2)18-17(12-20)8-7-16(9-17)19-10-14-5-3-4-6-15(14)11-19/h3-6,13,16,18,20H,7-12H2,1-2H3. The average Bonchev–Trinajstić information content (AvgIpc) is 3.02. The lowest BCUT2D eigenvalue weighted by Gasteiger charge is -2.32. The van der Waals surface area contributed by atoms with Crippen molar-refractivity contribution in [2.24, 2.45) is 0 Å². The summed E-state index contributed by atoms with van der Waals surface area (Å²) in [5, 5.41) is 13.4. The summed E-state index contributed by atoms with van der Waals surface area (Å²) in [6.07, 6.45) is 3.34. The van der Waals surface area contributed by atoms with Gasteiger partial charge in [-0.25, -0.2) is 0 Å². The molecule has 3 heteroatoms. The van der Waals surface area contributed by atoms with Crippen LogP contribution in [0.5, 0.6) is 0 Å². The predicted octanol–water partition coefficient (Wildman–Crippen LogP) is 2.28. The molecule has 1 saturated carbocycles. The third-order valence-electron chi connectivity index (χ3n) is 4.86. The Morgan fingerprint density at radius 1 is 1.30 bits per heavy atom. The van der Waals surface area contributed by atoms with Crippen LogP contribution < -0.4 is 5.32 Å². The number of hydrogen-bond acceptors (Lipinski definition) is 3. The Labute approximate surface area is 122 Å². The molecule has 2 aliphatic rings. The van der Waals surface area contributed by atoms with Gasteiger partial charge in [-0.15, -0.1) is 0 Å². The summed E-state index contributed by atoms with van der Waals surface area (Å²) in [6, 6.07) is 9.79. The van der Waals surface area contributed by atoms with Crippen molar-refractivity contribution in [2.45, 2.75) is 63.8 Å². The molecule has 20 heavy (non-hydrogen) atoms. The first kappa shape index (κ1) is 14.1. The zero-order chi connectivity index (χ0) is 14.2. The van der Waals surface area contributed by atoms with Crippen molar-refractivity contribution < 1.29 is 5.11 Å². The molecule has 0 radical (unpaired) electrons. The number of benzene rings is 1. The van der Waals surface area contributed by atoms with Crippen LogP contribution in [0.3, 0.4) is 0 Å². The second kappa shape index (κ2) is 5.47. The molecule has 110 valence electrons. The lowest BCUT2D eigenvalue weighted by atomic mass is 9.97. The summed E-state index contributed by atoms with van der Waals surface area (Å²) in [6.45, 7) is 6.73. The van der Waals surface area contributed by atoms with Crippen LogP contribution in [-0.2, 0) is 13.1 Å². The fraction of sp³-hybridized carbons (Fsp3) is 0.647. The lowest BCUT2D eigenvalue weighted by molar-refractivity contribution is 0.135. The Kier molecular flexibility index (Phi) is 3.85. The van der Waals surface area contributed by atoms with Gasteiger partial charge in [-0.05, 0) is 30.4 Å². The van der Waals surface area contributed by atoms with E-state index in [1.807, 2.05) is 0 Å². The highest BCUT2D eigenvalue weighted by Crippen LogP contribution is 2.37. The minimum absolute atomic E-state index is 0.0619. The van der Waals surface area contributed by atoms with E-state index in [1.165, 1.54) is 17.5 Å². The Morgan fingerprint density at radius 2 is 1.95 bits per heavy atom. The summed E-state index contributed by atoms with van der Waals surface area (Å²) < 4.78 is 0. The van der Waals surface area contributed by atoms with E-state index in [0.29, 0.717) is 12.1 Å². The zero-order valence-corrected chi connectivity index (χ0v) is 12.6. The predicted molar refractivity (Wildman–Crippen MR) is 81.4 cm³/mol. The fourth-order valence-electron chi connectivity index (χ4n) is 3.96. The van der Waals surface area contributed by atoms with E-state index in [-0.39, 0.29) is 12.1 Å². The van der Waals surface area contributed by atoms with Crippen LogP contribution in [0, 0.1) is 0 Å². The van der Waals surface area contributed by atoms with Crippen molar-refractivity contribution in [2.75, 3.05) is 6.61 Å². The maximum absolute atomic E-state index is 9.82. The van der Waals surface area contributed by atoms with Gasteiger partial charge in [0, 0.05) is 30.7 Å². The van der Waals surface area contributed by atoms with E-state index in [0.717, 1.165) is 25.9 Å². The van der Waals surface area contributed by atoms with Crippen LogP contribution in [0.2, 0.25) is 0 Å². The number of hydrogen-bond donors (Lipinski definition) is 2. The summed E-state index contributed by atoms with van der Waals surface area (Å²) in [7, 11) is 0. The van der Waals surface area contributed by atoms with Crippen LogP contribution in [0.25, 0.3) is 0 Å². The number of fused-ring (bicyclic) bond motifs is 1. The van der Waals surface area contributed by atoms with E-state index >= 15 is 0 Å². The lowest BCUT2D eigenvalue weighted by Crippen LogP contribution is -2.50. The highest BCUT2D eigenvalue weighted by Gasteiger charge is 2.42. The smallest absolute Gasteiger partial charge is 0.0614 e. The van der Waals surface area contributed by atoms with Gasteiger partial charge in [-0.3, -0.25) is 4.90 Å². The molecule has 0 amide bonds. The number of aliphatic hydroxyl groups is 1. The van der Waals surface area contributed by atoms with E-state index in [1.54, 1.807) is 0 Å². The summed E-state index contributed by atoms with van der Waals surface area (Å²) in [4.78, 5) is 2.59. The van der Waals surface area contributed by atoms with Gasteiger partial charge < -0.3 is 10.4 Å². The maximum Gasteiger partial charge on any atom is 0.0614 e. The highest BCUT2D eigenvalue weighted by atomic mass is 16.3. The SMILES string of the molecule is CC(C)NC1(CO)CCC(N2Cc3ccccc3C2)C1. The van der Waals surface area contributed by atoms with Crippen LogP contribution in [-0.4, -0.2) is 34.2 Å². The third-order valence-corrected chi connectivity index (χ3v) is 4.86. The number of rotatable bonds is 4. The van der Waals surface area contributed by atoms with Crippen molar-refractivity contribution in [3.63, 3.8) is 0 Å². The summed E-state index contributed by atoms with van der Waals surface area (Å²) in [5.74, 6) is 0. The van der Waals surface area contributed by atoms with Gasteiger partial charge >= 0.3 is 0 Å². The Balaban J connectivity index is 1.67. The first-order valence-corrected chi connectivity index (χ1v) is 7.81. The quantitative estimate of drug-likeness (QED) is 0.884.